The molecule has 0 saturated heterocycles. The van der Waals surface area contributed by atoms with Gasteiger partial charge in [-0.25, -0.2) is 4.98 Å². The van der Waals surface area contributed by atoms with Gasteiger partial charge >= 0.3 is 0 Å². The number of H-pyrrole nitrogens is 1. The zero-order valence-electron chi connectivity index (χ0n) is 16.3. The summed E-state index contributed by atoms with van der Waals surface area (Å²) in [6.07, 6.45) is 3.67. The van der Waals surface area contributed by atoms with Crippen LogP contribution < -0.4 is 11.1 Å². The van der Waals surface area contributed by atoms with Crippen molar-refractivity contribution in [2.24, 2.45) is 0 Å². The molecule has 0 saturated carbocycles. The number of nitrogens with one attached hydrogen (secondary N) is 2. The minimum Gasteiger partial charge on any atom is -0.382 e. The first-order chi connectivity index (χ1) is 14.6. The van der Waals surface area contributed by atoms with Gasteiger partial charge in [0.05, 0.1) is 17.6 Å². The Bertz CT molecular complexity index is 1370. The van der Waals surface area contributed by atoms with E-state index in [4.69, 9.17) is 5.73 Å². The predicted octanol–water partition coefficient (Wildman–Crippen LogP) is 3.96. The van der Waals surface area contributed by atoms with Crippen LogP contribution >= 0.6 is 11.3 Å². The van der Waals surface area contributed by atoms with Crippen LogP contribution in [0.4, 0.5) is 5.82 Å². The van der Waals surface area contributed by atoms with Gasteiger partial charge in [0.2, 0.25) is 0 Å². The summed E-state index contributed by atoms with van der Waals surface area (Å²) in [6.45, 7) is 2.92. The van der Waals surface area contributed by atoms with Gasteiger partial charge in [0.15, 0.2) is 5.82 Å². The number of amides is 1. The van der Waals surface area contributed by atoms with Crippen molar-refractivity contribution in [2.75, 3.05) is 12.3 Å². The third-order valence-electron chi connectivity index (χ3n) is 5.05. The topological polar surface area (TPSA) is 102 Å². The molecule has 4 N–H and O–H groups in total. The molecule has 150 valence electrons. The van der Waals surface area contributed by atoms with Crippen molar-refractivity contribution >= 4 is 44.9 Å². The number of nitrogens with two attached hydrogens (primary N) is 1. The maximum atomic E-state index is 12.2. The van der Waals surface area contributed by atoms with E-state index in [1.165, 1.54) is 4.88 Å². The molecular formula is C22H20N6OS. The lowest BCUT2D eigenvalue weighted by Gasteiger charge is -2.04. The van der Waals surface area contributed by atoms with Crippen molar-refractivity contribution in [2.45, 2.75) is 13.5 Å². The van der Waals surface area contributed by atoms with Gasteiger partial charge in [-0.15, -0.1) is 11.3 Å². The highest BCUT2D eigenvalue weighted by Crippen LogP contribution is 2.32. The summed E-state index contributed by atoms with van der Waals surface area (Å²) in [5.74, 6) is 0.301. The first-order valence-electron chi connectivity index (χ1n) is 9.62. The molecule has 1 aromatic carbocycles. The van der Waals surface area contributed by atoms with E-state index in [0.29, 0.717) is 30.0 Å². The Balaban J connectivity index is 1.40. The maximum Gasteiger partial charge on any atom is 0.252 e. The van der Waals surface area contributed by atoms with Gasteiger partial charge in [0, 0.05) is 40.3 Å². The average molecular weight is 417 g/mol. The molecule has 0 fully saturated rings. The Morgan fingerprint density at radius 3 is 2.93 bits per heavy atom. The number of nitrogens with zero attached hydrogens (tertiary/aromatic N) is 3. The summed E-state index contributed by atoms with van der Waals surface area (Å²) in [6, 6.07) is 12.2. The molecule has 5 rings (SSSR count). The number of aryl methyl sites for hydroxylation is 1. The highest BCUT2D eigenvalue weighted by molar-refractivity contribution is 7.13. The maximum absolute atomic E-state index is 12.2. The molecule has 5 aromatic rings. The van der Waals surface area contributed by atoms with Crippen LogP contribution in [0.5, 0.6) is 0 Å². The number of hydrogen-bond acceptors (Lipinski definition) is 5. The number of carbonyl (C=O) groups is 1. The molecule has 0 aliphatic heterocycles. The van der Waals surface area contributed by atoms with Gasteiger partial charge in [-0.1, -0.05) is 18.2 Å². The van der Waals surface area contributed by atoms with Gasteiger partial charge in [0.25, 0.3) is 5.91 Å². The van der Waals surface area contributed by atoms with E-state index in [2.05, 4.69) is 50.0 Å². The molecule has 0 spiro atoms. The van der Waals surface area contributed by atoms with Crippen molar-refractivity contribution < 1.29 is 4.79 Å². The number of rotatable bonds is 5. The summed E-state index contributed by atoms with van der Waals surface area (Å²) < 4.78 is 1.80. The number of aromatic amines is 1. The third-order valence-corrected chi connectivity index (χ3v) is 5.97. The second-order valence-electron chi connectivity index (χ2n) is 7.19. The molecule has 1 amide bonds. The molecule has 4 heterocycles. The molecular weight excluding hydrogens is 396 g/mol. The lowest BCUT2D eigenvalue weighted by Crippen LogP contribution is -2.27. The normalized spacial score (nSPS) is 11.4. The van der Waals surface area contributed by atoms with Crippen LogP contribution in [0.15, 0.2) is 54.2 Å². The standard InChI is InChI=1S/C22H20N6OS/c1-13-9-15(11-25-13)22(29)24-6-7-28-12-17-16-5-4-14(19-3-2-8-30-19)10-18(16)26-21(23)20(17)27-28/h2-5,8-12,25H,6-7H2,1H3,(H2,23,26)(H,24,29). The van der Waals surface area contributed by atoms with Crippen molar-refractivity contribution in [3.05, 3.63) is 65.4 Å². The van der Waals surface area contributed by atoms with Crippen LogP contribution in [0.3, 0.4) is 0 Å². The number of carbonyl (C=O) groups excluding carboxylic acids is 1. The number of aromatic nitrogens is 4. The summed E-state index contributed by atoms with van der Waals surface area (Å²) in [5, 5.41) is 11.5. The number of benzene rings is 1. The molecule has 4 aromatic heterocycles. The Morgan fingerprint density at radius 1 is 1.27 bits per heavy atom. The fourth-order valence-corrected chi connectivity index (χ4v) is 4.30. The van der Waals surface area contributed by atoms with Crippen LogP contribution in [0.2, 0.25) is 0 Å². The van der Waals surface area contributed by atoms with Gasteiger partial charge < -0.3 is 16.0 Å². The summed E-state index contributed by atoms with van der Waals surface area (Å²) in [4.78, 5) is 21.0. The molecule has 0 atom stereocenters. The van der Waals surface area contributed by atoms with Gasteiger partial charge in [-0.2, -0.15) is 5.10 Å². The zero-order valence-corrected chi connectivity index (χ0v) is 17.2. The molecule has 0 aliphatic carbocycles. The molecule has 0 aliphatic rings. The van der Waals surface area contributed by atoms with Crippen LogP contribution in [-0.2, 0) is 6.54 Å². The summed E-state index contributed by atoms with van der Waals surface area (Å²) in [5.41, 5.74) is 10.4. The van der Waals surface area contributed by atoms with Crippen LogP contribution in [0, 0.1) is 6.92 Å². The van der Waals surface area contributed by atoms with Gasteiger partial charge in [-0.3, -0.25) is 9.48 Å². The quantitative estimate of drug-likeness (QED) is 0.404. The average Bonchev–Trinajstić information content (AvgIpc) is 3.48. The SMILES string of the molecule is Cc1cc(C(=O)NCCn2cc3c(n2)c(N)nc2cc(-c4cccs4)ccc23)c[nH]1. The monoisotopic (exact) mass is 416 g/mol. The molecule has 0 bridgehead atoms. The Morgan fingerprint density at radius 2 is 2.17 bits per heavy atom. The zero-order chi connectivity index (χ0) is 20.7. The number of anilines is 1. The minimum atomic E-state index is -0.108. The lowest BCUT2D eigenvalue weighted by molar-refractivity contribution is 0.0952. The Labute approximate surface area is 176 Å². The van der Waals surface area contributed by atoms with Crippen LogP contribution in [0.25, 0.3) is 32.2 Å². The number of pyridine rings is 1. The fraction of sp³-hybridized carbons (Fsp3) is 0.136. The largest absolute Gasteiger partial charge is 0.382 e. The first kappa shape index (κ1) is 18.4. The molecule has 7 nitrogen and oxygen atoms in total. The first-order valence-corrected chi connectivity index (χ1v) is 10.5. The van der Waals surface area contributed by atoms with Gasteiger partial charge in [-0.05, 0) is 36.1 Å². The Hall–Kier alpha value is -3.65. The molecule has 8 heteroatoms. The van der Waals surface area contributed by atoms with Crippen molar-refractivity contribution in [1.82, 2.24) is 25.1 Å². The highest BCUT2D eigenvalue weighted by atomic mass is 32.1. The van der Waals surface area contributed by atoms with Gasteiger partial charge in [0.1, 0.15) is 5.52 Å². The third kappa shape index (κ3) is 3.31. The molecule has 30 heavy (non-hydrogen) atoms. The Kier molecular flexibility index (Phi) is 4.48. The van der Waals surface area contributed by atoms with E-state index in [9.17, 15) is 4.79 Å². The van der Waals surface area contributed by atoms with E-state index in [1.54, 1.807) is 22.2 Å². The van der Waals surface area contributed by atoms with Crippen molar-refractivity contribution in [3.63, 3.8) is 0 Å². The number of nitrogen functional groups attached to an aromatic ring is 1. The van der Waals surface area contributed by atoms with E-state index in [-0.39, 0.29) is 5.91 Å². The van der Waals surface area contributed by atoms with Crippen LogP contribution in [-0.4, -0.2) is 32.2 Å². The number of thiophene rings is 1. The number of hydrogen-bond donors (Lipinski definition) is 3. The van der Waals surface area contributed by atoms with E-state index < -0.39 is 0 Å². The summed E-state index contributed by atoms with van der Waals surface area (Å²) >= 11 is 1.70. The van der Waals surface area contributed by atoms with E-state index in [1.807, 2.05) is 25.3 Å². The smallest absolute Gasteiger partial charge is 0.252 e. The van der Waals surface area contributed by atoms with Crippen molar-refractivity contribution in [3.8, 4) is 10.4 Å². The van der Waals surface area contributed by atoms with E-state index in [0.717, 1.165) is 27.5 Å². The molecule has 0 radical (unpaired) electrons. The van der Waals surface area contributed by atoms with Crippen molar-refractivity contribution in [1.29, 1.82) is 0 Å². The lowest BCUT2D eigenvalue weighted by atomic mass is 10.1. The summed E-state index contributed by atoms with van der Waals surface area (Å²) in [7, 11) is 0. The minimum absolute atomic E-state index is 0.108. The predicted molar refractivity (Wildman–Crippen MR) is 121 cm³/mol. The number of fused-ring (bicyclic) bond motifs is 3. The van der Waals surface area contributed by atoms with E-state index >= 15 is 0 Å². The fourth-order valence-electron chi connectivity index (χ4n) is 3.58. The second kappa shape index (κ2) is 7.31. The highest BCUT2D eigenvalue weighted by Gasteiger charge is 2.12. The second-order valence-corrected chi connectivity index (χ2v) is 8.14. The molecule has 0 unspecified atom stereocenters. The van der Waals surface area contributed by atoms with Crippen LogP contribution in [0.1, 0.15) is 16.1 Å².